The molecular weight excluding hydrogens is 368 g/mol. The zero-order chi connectivity index (χ0) is 19.8. The van der Waals surface area contributed by atoms with Crippen LogP contribution >= 0.6 is 11.3 Å². The van der Waals surface area contributed by atoms with Crippen molar-refractivity contribution in [3.05, 3.63) is 22.4 Å². The Bertz CT molecular complexity index is 576. The number of nitrogens with zero attached hydrogens (tertiary/aromatic N) is 4. The first kappa shape index (κ1) is 21.6. The molecule has 2 atom stereocenters. The second kappa shape index (κ2) is 11.1. The Morgan fingerprint density at radius 1 is 1.07 bits per heavy atom. The summed E-state index contributed by atoms with van der Waals surface area (Å²) >= 11 is 1.86. The summed E-state index contributed by atoms with van der Waals surface area (Å²) in [5, 5.41) is 9.32. The van der Waals surface area contributed by atoms with Crippen molar-refractivity contribution >= 4 is 17.3 Å². The zero-order valence-corrected chi connectivity index (χ0v) is 18.7. The van der Waals surface area contributed by atoms with Gasteiger partial charge in [0.1, 0.15) is 0 Å². The van der Waals surface area contributed by atoms with E-state index in [1.165, 1.54) is 50.4 Å². The van der Waals surface area contributed by atoms with E-state index in [0.717, 1.165) is 32.1 Å². The third-order valence-corrected chi connectivity index (χ3v) is 7.16. The first-order valence-electron chi connectivity index (χ1n) is 10.9. The Morgan fingerprint density at radius 2 is 1.79 bits per heavy atom. The lowest BCUT2D eigenvalue weighted by molar-refractivity contribution is 0.107. The second-order valence-corrected chi connectivity index (χ2v) is 8.91. The lowest BCUT2D eigenvalue weighted by atomic mass is 10.2. The summed E-state index contributed by atoms with van der Waals surface area (Å²) < 4.78 is 0. The highest BCUT2D eigenvalue weighted by Crippen LogP contribution is 2.27. The number of aliphatic imine (C=N–C) groups is 1. The van der Waals surface area contributed by atoms with Gasteiger partial charge in [0.15, 0.2) is 5.96 Å². The summed E-state index contributed by atoms with van der Waals surface area (Å²) in [4.78, 5) is 13.6. The highest BCUT2D eigenvalue weighted by atomic mass is 32.1. The third kappa shape index (κ3) is 5.92. The first-order valence-corrected chi connectivity index (χ1v) is 11.8. The highest BCUT2D eigenvalue weighted by molar-refractivity contribution is 7.10. The van der Waals surface area contributed by atoms with Crippen molar-refractivity contribution in [3.8, 4) is 0 Å². The molecule has 3 rings (SSSR count). The quantitative estimate of drug-likeness (QED) is 0.511. The summed E-state index contributed by atoms with van der Waals surface area (Å²) in [5.41, 5.74) is 0. The van der Waals surface area contributed by atoms with Crippen molar-refractivity contribution in [2.45, 2.75) is 38.8 Å². The molecule has 1 aromatic heterocycles. The van der Waals surface area contributed by atoms with Gasteiger partial charge in [-0.3, -0.25) is 14.8 Å². The van der Waals surface area contributed by atoms with Gasteiger partial charge < -0.3 is 15.5 Å². The van der Waals surface area contributed by atoms with Crippen LogP contribution in [0.4, 0.5) is 0 Å². The molecule has 0 saturated carbocycles. The van der Waals surface area contributed by atoms with Crippen molar-refractivity contribution in [3.63, 3.8) is 0 Å². The number of guanidine groups is 1. The Labute approximate surface area is 175 Å². The van der Waals surface area contributed by atoms with Crippen LogP contribution in [0.3, 0.4) is 0 Å². The molecule has 2 N–H and O–H groups in total. The lowest BCUT2D eigenvalue weighted by Gasteiger charge is -2.37. The molecule has 2 aliphatic rings. The average molecular weight is 407 g/mol. The first-order chi connectivity index (χ1) is 13.7. The van der Waals surface area contributed by atoms with Gasteiger partial charge in [-0.25, -0.2) is 0 Å². The number of likely N-dealkylation sites (N-methyl/N-ethyl adjacent to an activating group) is 1. The van der Waals surface area contributed by atoms with Crippen LogP contribution in [0.25, 0.3) is 0 Å². The maximum Gasteiger partial charge on any atom is 0.191 e. The molecule has 3 heterocycles. The number of nitrogens with one attached hydrogen (secondary N) is 2. The van der Waals surface area contributed by atoms with Crippen LogP contribution in [0.15, 0.2) is 22.5 Å². The molecule has 0 aromatic carbocycles. The standard InChI is InChI=1S/C21H38N6S/c1-4-25-11-13-26(14-12-25)18(2)16-23-21(22-3)24-17-19(20-8-7-15-28-20)27-9-5-6-10-27/h7-8,15,18-19H,4-6,9-14,16-17H2,1-3H3,(H2,22,23,24). The zero-order valence-electron chi connectivity index (χ0n) is 17.9. The fourth-order valence-electron chi connectivity index (χ4n) is 4.25. The van der Waals surface area contributed by atoms with Crippen LogP contribution in [-0.2, 0) is 0 Å². The molecule has 7 heteroatoms. The van der Waals surface area contributed by atoms with Crippen molar-refractivity contribution in [1.29, 1.82) is 0 Å². The van der Waals surface area contributed by atoms with E-state index in [1.807, 2.05) is 18.4 Å². The van der Waals surface area contributed by atoms with Gasteiger partial charge in [0.2, 0.25) is 0 Å². The molecule has 0 spiro atoms. The van der Waals surface area contributed by atoms with Gasteiger partial charge in [-0.05, 0) is 50.8 Å². The van der Waals surface area contributed by atoms with Crippen molar-refractivity contribution < 1.29 is 0 Å². The van der Waals surface area contributed by atoms with Crippen molar-refractivity contribution in [2.75, 3.05) is 66.0 Å². The van der Waals surface area contributed by atoms with E-state index in [1.54, 1.807) is 0 Å². The van der Waals surface area contributed by atoms with Gasteiger partial charge in [0.25, 0.3) is 0 Å². The molecule has 1 aromatic rings. The number of piperazine rings is 1. The van der Waals surface area contributed by atoms with Gasteiger partial charge in [-0.15, -0.1) is 11.3 Å². The molecule has 0 radical (unpaired) electrons. The Morgan fingerprint density at radius 3 is 2.39 bits per heavy atom. The highest BCUT2D eigenvalue weighted by Gasteiger charge is 2.25. The number of likely N-dealkylation sites (tertiary alicyclic amines) is 1. The number of rotatable bonds is 8. The summed E-state index contributed by atoms with van der Waals surface area (Å²) in [7, 11) is 1.87. The van der Waals surface area contributed by atoms with E-state index in [4.69, 9.17) is 0 Å². The smallest absolute Gasteiger partial charge is 0.191 e. The number of hydrogen-bond donors (Lipinski definition) is 2. The van der Waals surface area contributed by atoms with Crippen LogP contribution in [0.2, 0.25) is 0 Å². The van der Waals surface area contributed by atoms with Gasteiger partial charge in [-0.1, -0.05) is 13.0 Å². The van der Waals surface area contributed by atoms with Crippen molar-refractivity contribution in [2.24, 2.45) is 4.99 Å². The normalized spacial score (nSPS) is 22.3. The average Bonchev–Trinajstić information content (AvgIpc) is 3.45. The minimum atomic E-state index is 0.445. The SMILES string of the molecule is CCN1CCN(C(C)CNC(=NC)NCC(c2cccs2)N2CCCC2)CC1. The summed E-state index contributed by atoms with van der Waals surface area (Å²) in [5.74, 6) is 0.916. The van der Waals surface area contributed by atoms with E-state index in [-0.39, 0.29) is 0 Å². The summed E-state index contributed by atoms with van der Waals surface area (Å²) in [6.45, 7) is 14.7. The largest absolute Gasteiger partial charge is 0.355 e. The molecule has 2 fully saturated rings. The summed E-state index contributed by atoms with van der Waals surface area (Å²) in [6.07, 6.45) is 2.63. The second-order valence-electron chi connectivity index (χ2n) is 7.93. The van der Waals surface area contributed by atoms with E-state index < -0.39 is 0 Å². The summed E-state index contributed by atoms with van der Waals surface area (Å²) in [6, 6.07) is 5.39. The van der Waals surface area contributed by atoms with Crippen LogP contribution in [0, 0.1) is 0 Å². The molecule has 0 amide bonds. The molecule has 28 heavy (non-hydrogen) atoms. The van der Waals surface area contributed by atoms with Gasteiger partial charge in [0.05, 0.1) is 6.04 Å². The monoisotopic (exact) mass is 406 g/mol. The molecule has 2 unspecified atom stereocenters. The maximum absolute atomic E-state index is 4.46. The molecule has 2 saturated heterocycles. The van der Waals surface area contributed by atoms with E-state index >= 15 is 0 Å². The van der Waals surface area contributed by atoms with Crippen LogP contribution < -0.4 is 10.6 Å². The molecule has 2 aliphatic heterocycles. The van der Waals surface area contributed by atoms with Crippen LogP contribution in [0.1, 0.15) is 37.6 Å². The third-order valence-electron chi connectivity index (χ3n) is 6.18. The number of hydrogen-bond acceptors (Lipinski definition) is 5. The Balaban J connectivity index is 1.46. The lowest BCUT2D eigenvalue weighted by Crippen LogP contribution is -2.53. The maximum atomic E-state index is 4.46. The van der Waals surface area contributed by atoms with E-state index in [0.29, 0.717) is 12.1 Å². The molecule has 6 nitrogen and oxygen atoms in total. The van der Waals surface area contributed by atoms with E-state index in [9.17, 15) is 0 Å². The van der Waals surface area contributed by atoms with E-state index in [2.05, 4.69) is 61.7 Å². The topological polar surface area (TPSA) is 46.1 Å². The van der Waals surface area contributed by atoms with Crippen LogP contribution in [0.5, 0.6) is 0 Å². The predicted octanol–water partition coefficient (Wildman–Crippen LogP) is 2.08. The molecule has 0 bridgehead atoms. The van der Waals surface area contributed by atoms with Crippen LogP contribution in [-0.4, -0.2) is 92.7 Å². The van der Waals surface area contributed by atoms with Gasteiger partial charge in [-0.2, -0.15) is 0 Å². The van der Waals surface area contributed by atoms with Gasteiger partial charge in [0, 0.05) is 57.2 Å². The number of thiophene rings is 1. The minimum Gasteiger partial charge on any atom is -0.355 e. The fourth-order valence-corrected chi connectivity index (χ4v) is 5.11. The fraction of sp³-hybridized carbons (Fsp3) is 0.762. The molecule has 0 aliphatic carbocycles. The molecular formula is C21H38N6S. The Kier molecular flexibility index (Phi) is 8.58. The van der Waals surface area contributed by atoms with Gasteiger partial charge >= 0.3 is 0 Å². The predicted molar refractivity (Wildman–Crippen MR) is 120 cm³/mol. The Hall–Kier alpha value is -1.15. The molecule has 158 valence electrons. The minimum absolute atomic E-state index is 0.445. The van der Waals surface area contributed by atoms with Crippen molar-refractivity contribution in [1.82, 2.24) is 25.3 Å².